The molecular weight excluding hydrogens is 362 g/mol. The van der Waals surface area contributed by atoms with Crippen LogP contribution in [0, 0.1) is 0 Å². The van der Waals surface area contributed by atoms with E-state index in [1.54, 1.807) is 17.7 Å². The Labute approximate surface area is 162 Å². The minimum absolute atomic E-state index is 0.0123. The van der Waals surface area contributed by atoms with E-state index in [1.165, 1.54) is 11.8 Å². The molecule has 1 aromatic carbocycles. The van der Waals surface area contributed by atoms with Crippen molar-refractivity contribution >= 4 is 23.5 Å². The highest BCUT2D eigenvalue weighted by molar-refractivity contribution is 7.99. The van der Waals surface area contributed by atoms with E-state index in [-0.39, 0.29) is 24.0 Å². The van der Waals surface area contributed by atoms with E-state index in [0.29, 0.717) is 28.0 Å². The fourth-order valence-corrected chi connectivity index (χ4v) is 3.89. The molecular formula is C20H23N3O3S. The number of benzene rings is 1. The molecule has 1 aromatic heterocycles. The number of nitrogens with zero attached hydrogens (tertiary/aromatic N) is 2. The van der Waals surface area contributed by atoms with Gasteiger partial charge in [0.05, 0.1) is 11.7 Å². The SMILES string of the molecule is C=CCSc1nc(=O)c2c(n1C)NC(=O)CC2c1ccccc1OC(C)C. The molecule has 2 aromatic rings. The normalized spacial score (nSPS) is 16.0. The second kappa shape index (κ2) is 8.00. The molecule has 142 valence electrons. The largest absolute Gasteiger partial charge is 0.491 e. The van der Waals surface area contributed by atoms with Gasteiger partial charge in [-0.3, -0.25) is 9.59 Å². The van der Waals surface area contributed by atoms with Crippen LogP contribution in [0.15, 0.2) is 46.9 Å². The Morgan fingerprint density at radius 3 is 2.85 bits per heavy atom. The van der Waals surface area contributed by atoms with Gasteiger partial charge in [0.2, 0.25) is 5.91 Å². The van der Waals surface area contributed by atoms with Crippen LogP contribution in [-0.2, 0) is 11.8 Å². The van der Waals surface area contributed by atoms with Crippen LogP contribution in [0.4, 0.5) is 5.82 Å². The maximum absolute atomic E-state index is 12.9. The molecule has 1 amide bonds. The summed E-state index contributed by atoms with van der Waals surface area (Å²) in [4.78, 5) is 29.5. The number of amides is 1. The number of thioether (sulfide) groups is 1. The van der Waals surface area contributed by atoms with E-state index in [2.05, 4.69) is 16.9 Å². The highest BCUT2D eigenvalue weighted by Gasteiger charge is 2.33. The molecule has 3 rings (SSSR count). The van der Waals surface area contributed by atoms with Crippen LogP contribution < -0.4 is 15.6 Å². The summed E-state index contributed by atoms with van der Waals surface area (Å²) < 4.78 is 7.68. The van der Waals surface area contributed by atoms with Crippen LogP contribution in [0.1, 0.15) is 37.3 Å². The highest BCUT2D eigenvalue weighted by Crippen LogP contribution is 2.39. The Morgan fingerprint density at radius 2 is 2.15 bits per heavy atom. The first-order valence-corrected chi connectivity index (χ1v) is 9.81. The lowest BCUT2D eigenvalue weighted by Gasteiger charge is -2.28. The monoisotopic (exact) mass is 385 g/mol. The van der Waals surface area contributed by atoms with Crippen LogP contribution in [0.25, 0.3) is 0 Å². The summed E-state index contributed by atoms with van der Waals surface area (Å²) in [5.41, 5.74) is 1.01. The molecule has 0 saturated carbocycles. The third-order valence-electron chi connectivity index (χ3n) is 4.29. The van der Waals surface area contributed by atoms with E-state index in [9.17, 15) is 9.59 Å². The minimum Gasteiger partial charge on any atom is -0.491 e. The number of fused-ring (bicyclic) bond motifs is 1. The summed E-state index contributed by atoms with van der Waals surface area (Å²) in [6.45, 7) is 7.59. The minimum atomic E-state index is -0.395. The number of anilines is 1. The van der Waals surface area contributed by atoms with Crippen LogP contribution in [0.3, 0.4) is 0 Å². The van der Waals surface area contributed by atoms with Gasteiger partial charge in [0, 0.05) is 30.7 Å². The fraction of sp³-hybridized carbons (Fsp3) is 0.350. The number of aromatic nitrogens is 2. The van der Waals surface area contributed by atoms with Gasteiger partial charge >= 0.3 is 0 Å². The quantitative estimate of drug-likeness (QED) is 0.469. The summed E-state index contributed by atoms with van der Waals surface area (Å²) >= 11 is 1.40. The number of rotatable bonds is 6. The maximum Gasteiger partial charge on any atom is 0.279 e. The molecule has 27 heavy (non-hydrogen) atoms. The van der Waals surface area contributed by atoms with Gasteiger partial charge in [-0.05, 0) is 19.9 Å². The molecule has 1 N–H and O–H groups in total. The zero-order valence-electron chi connectivity index (χ0n) is 15.7. The van der Waals surface area contributed by atoms with Crippen molar-refractivity contribution in [1.29, 1.82) is 0 Å². The van der Waals surface area contributed by atoms with E-state index in [1.807, 2.05) is 38.1 Å². The Kier molecular flexibility index (Phi) is 5.70. The van der Waals surface area contributed by atoms with Crippen LogP contribution in [-0.4, -0.2) is 27.3 Å². The van der Waals surface area contributed by atoms with Crippen molar-refractivity contribution in [2.45, 2.75) is 37.4 Å². The second-order valence-corrected chi connectivity index (χ2v) is 7.62. The predicted molar refractivity (Wildman–Crippen MR) is 108 cm³/mol. The third-order valence-corrected chi connectivity index (χ3v) is 5.31. The van der Waals surface area contributed by atoms with E-state index in [4.69, 9.17) is 4.74 Å². The van der Waals surface area contributed by atoms with Gasteiger partial charge in [0.25, 0.3) is 5.56 Å². The highest BCUT2D eigenvalue weighted by atomic mass is 32.2. The molecule has 7 heteroatoms. The van der Waals surface area contributed by atoms with Crippen LogP contribution >= 0.6 is 11.8 Å². The van der Waals surface area contributed by atoms with Crippen LogP contribution in [0.2, 0.25) is 0 Å². The Balaban J connectivity index is 2.15. The third kappa shape index (κ3) is 3.93. The number of ether oxygens (including phenoxy) is 1. The predicted octanol–water partition coefficient (Wildman–Crippen LogP) is 3.32. The first kappa shape index (κ1) is 19.2. The van der Waals surface area contributed by atoms with Gasteiger partial charge in [-0.1, -0.05) is 36.0 Å². The molecule has 0 aliphatic carbocycles. The summed E-state index contributed by atoms with van der Waals surface area (Å²) in [5, 5.41) is 3.40. The molecule has 1 aliphatic heterocycles. The Bertz CT molecular complexity index is 937. The zero-order chi connectivity index (χ0) is 19.6. The average molecular weight is 385 g/mol. The molecule has 0 radical (unpaired) electrons. The number of carbonyl (C=O) groups is 1. The van der Waals surface area contributed by atoms with Gasteiger partial charge < -0.3 is 14.6 Å². The molecule has 2 heterocycles. The van der Waals surface area contributed by atoms with Crippen molar-refractivity contribution in [3.63, 3.8) is 0 Å². The number of hydrogen-bond acceptors (Lipinski definition) is 5. The topological polar surface area (TPSA) is 73.2 Å². The summed E-state index contributed by atoms with van der Waals surface area (Å²) in [5.74, 6) is 1.29. The lowest BCUT2D eigenvalue weighted by atomic mass is 9.86. The Hall–Kier alpha value is -2.54. The van der Waals surface area contributed by atoms with Crippen molar-refractivity contribution in [3.05, 3.63) is 58.4 Å². The van der Waals surface area contributed by atoms with E-state index in [0.717, 1.165) is 5.56 Å². The maximum atomic E-state index is 12.9. The van der Waals surface area contributed by atoms with E-state index >= 15 is 0 Å². The summed E-state index contributed by atoms with van der Waals surface area (Å²) in [7, 11) is 1.80. The standard InChI is InChI=1S/C20H23N3O3S/c1-5-10-27-20-22-19(25)17-14(11-16(24)21-18(17)23(20)4)13-8-6-7-9-15(13)26-12(2)3/h5-9,12,14H,1,10-11H2,2-4H3,(H,21,24). The number of nitrogens with one attached hydrogen (secondary N) is 1. The van der Waals surface area contributed by atoms with E-state index < -0.39 is 5.92 Å². The van der Waals surface area contributed by atoms with Crippen molar-refractivity contribution in [2.75, 3.05) is 11.1 Å². The first-order valence-electron chi connectivity index (χ1n) is 8.82. The van der Waals surface area contributed by atoms with Crippen molar-refractivity contribution in [1.82, 2.24) is 9.55 Å². The molecule has 0 bridgehead atoms. The van der Waals surface area contributed by atoms with Gasteiger partial charge in [-0.15, -0.1) is 6.58 Å². The molecule has 1 atom stereocenters. The van der Waals surface area contributed by atoms with Crippen LogP contribution in [0.5, 0.6) is 5.75 Å². The lowest BCUT2D eigenvalue weighted by molar-refractivity contribution is -0.116. The molecule has 0 spiro atoms. The lowest BCUT2D eigenvalue weighted by Crippen LogP contribution is -2.33. The van der Waals surface area contributed by atoms with Crippen molar-refractivity contribution in [3.8, 4) is 5.75 Å². The number of para-hydroxylation sites is 1. The molecule has 1 unspecified atom stereocenters. The first-order chi connectivity index (χ1) is 12.9. The molecule has 1 aliphatic rings. The van der Waals surface area contributed by atoms with Gasteiger partial charge in [-0.2, -0.15) is 4.98 Å². The fourth-order valence-electron chi connectivity index (χ4n) is 3.19. The Morgan fingerprint density at radius 1 is 1.41 bits per heavy atom. The molecule has 6 nitrogen and oxygen atoms in total. The van der Waals surface area contributed by atoms with Gasteiger partial charge in [0.15, 0.2) is 5.16 Å². The molecule has 0 saturated heterocycles. The summed E-state index contributed by atoms with van der Waals surface area (Å²) in [6.07, 6.45) is 1.92. The average Bonchev–Trinajstić information content (AvgIpc) is 2.62. The number of hydrogen-bond donors (Lipinski definition) is 1. The molecule has 0 fully saturated rings. The van der Waals surface area contributed by atoms with Gasteiger partial charge in [-0.25, -0.2) is 0 Å². The second-order valence-electron chi connectivity index (χ2n) is 6.63. The van der Waals surface area contributed by atoms with Crippen molar-refractivity contribution < 1.29 is 9.53 Å². The van der Waals surface area contributed by atoms with Gasteiger partial charge in [0.1, 0.15) is 11.6 Å². The van der Waals surface area contributed by atoms with Crippen molar-refractivity contribution in [2.24, 2.45) is 7.05 Å². The number of carbonyl (C=O) groups excluding carboxylic acids is 1. The smallest absolute Gasteiger partial charge is 0.279 e. The zero-order valence-corrected chi connectivity index (χ0v) is 16.5. The summed E-state index contributed by atoms with van der Waals surface area (Å²) in [6, 6.07) is 7.55.